The molecule has 0 spiro atoms. The molecular formula is C14H20. The van der Waals surface area contributed by atoms with E-state index in [9.17, 15) is 0 Å². The van der Waals surface area contributed by atoms with Gasteiger partial charge in [-0.15, -0.1) is 0 Å². The van der Waals surface area contributed by atoms with Gasteiger partial charge in [0, 0.05) is 5.92 Å². The van der Waals surface area contributed by atoms with Crippen LogP contribution in [-0.2, 0) is 0 Å². The van der Waals surface area contributed by atoms with Crippen molar-refractivity contribution in [1.29, 1.82) is 0 Å². The van der Waals surface area contributed by atoms with Crippen molar-refractivity contribution in [3.63, 3.8) is 0 Å². The first-order valence-electron chi connectivity index (χ1n) is 5.27. The van der Waals surface area contributed by atoms with E-state index in [-0.39, 0.29) is 0 Å². The molecule has 0 radical (unpaired) electrons. The van der Waals surface area contributed by atoms with Gasteiger partial charge in [0.25, 0.3) is 0 Å². The minimum atomic E-state index is 0.594. The Balaban J connectivity index is 2.93. The molecule has 0 aromatic heterocycles. The predicted molar refractivity (Wildman–Crippen MR) is 64.2 cm³/mol. The Labute approximate surface area is 87.7 Å². The van der Waals surface area contributed by atoms with E-state index in [1.165, 1.54) is 22.3 Å². The zero-order valence-electron chi connectivity index (χ0n) is 9.89. The van der Waals surface area contributed by atoms with Crippen LogP contribution in [0.2, 0.25) is 0 Å². The van der Waals surface area contributed by atoms with E-state index in [4.69, 9.17) is 0 Å². The van der Waals surface area contributed by atoms with Crippen molar-refractivity contribution in [3.8, 4) is 0 Å². The summed E-state index contributed by atoms with van der Waals surface area (Å²) in [6.07, 6.45) is 8.50. The summed E-state index contributed by atoms with van der Waals surface area (Å²) in [7, 11) is 0. The standard InChI is InChI=1S/C14H20/c1-6-7-8-9-14-12(4)10(2)11(3)13(14)5/h6-9,12H,1-5H3. The molecule has 0 nitrogen and oxygen atoms in total. The third-order valence-electron chi connectivity index (χ3n) is 3.28. The first-order valence-corrected chi connectivity index (χ1v) is 5.27. The second kappa shape index (κ2) is 4.45. The van der Waals surface area contributed by atoms with Crippen LogP contribution in [0.1, 0.15) is 34.6 Å². The van der Waals surface area contributed by atoms with Gasteiger partial charge >= 0.3 is 0 Å². The smallest absolute Gasteiger partial charge is 0.00255 e. The van der Waals surface area contributed by atoms with Crippen LogP contribution in [0.15, 0.2) is 46.6 Å². The molecule has 0 bridgehead atoms. The lowest BCUT2D eigenvalue weighted by Gasteiger charge is -2.07. The lowest BCUT2D eigenvalue weighted by molar-refractivity contribution is 0.837. The number of rotatable bonds is 2. The summed E-state index contributed by atoms with van der Waals surface area (Å²) in [4.78, 5) is 0. The third kappa shape index (κ3) is 1.89. The lowest BCUT2D eigenvalue weighted by Crippen LogP contribution is -1.94. The van der Waals surface area contributed by atoms with Crippen LogP contribution >= 0.6 is 0 Å². The first kappa shape index (κ1) is 11.0. The quantitative estimate of drug-likeness (QED) is 0.563. The molecule has 76 valence electrons. The molecule has 0 saturated heterocycles. The van der Waals surface area contributed by atoms with Gasteiger partial charge in [-0.3, -0.25) is 0 Å². The summed E-state index contributed by atoms with van der Waals surface area (Å²) in [5.74, 6) is 0.594. The zero-order valence-corrected chi connectivity index (χ0v) is 9.89. The predicted octanol–water partition coefficient (Wildman–Crippen LogP) is 4.42. The molecule has 1 atom stereocenters. The van der Waals surface area contributed by atoms with Crippen molar-refractivity contribution < 1.29 is 0 Å². The van der Waals surface area contributed by atoms with Crippen LogP contribution in [0, 0.1) is 5.92 Å². The second-order valence-electron chi connectivity index (χ2n) is 3.99. The molecule has 0 aromatic carbocycles. The lowest BCUT2D eigenvalue weighted by atomic mass is 9.98. The van der Waals surface area contributed by atoms with Crippen molar-refractivity contribution in [2.75, 3.05) is 0 Å². The highest BCUT2D eigenvalue weighted by atomic mass is 14.3. The molecule has 0 aromatic rings. The van der Waals surface area contributed by atoms with E-state index in [2.05, 4.69) is 52.0 Å². The Morgan fingerprint density at radius 3 is 2.07 bits per heavy atom. The second-order valence-corrected chi connectivity index (χ2v) is 3.99. The van der Waals surface area contributed by atoms with Crippen molar-refractivity contribution in [2.45, 2.75) is 34.6 Å². The Morgan fingerprint density at radius 1 is 1.00 bits per heavy atom. The molecular weight excluding hydrogens is 168 g/mol. The van der Waals surface area contributed by atoms with Crippen LogP contribution in [0.4, 0.5) is 0 Å². The molecule has 14 heavy (non-hydrogen) atoms. The van der Waals surface area contributed by atoms with Crippen molar-refractivity contribution >= 4 is 0 Å². The largest absolute Gasteiger partial charge is 0.0877 e. The third-order valence-corrected chi connectivity index (χ3v) is 3.28. The molecule has 1 aliphatic rings. The zero-order chi connectivity index (χ0) is 10.7. The number of allylic oxidation sites excluding steroid dienone is 8. The van der Waals surface area contributed by atoms with Crippen LogP contribution < -0.4 is 0 Å². The first-order chi connectivity index (χ1) is 6.59. The van der Waals surface area contributed by atoms with Crippen LogP contribution in [-0.4, -0.2) is 0 Å². The van der Waals surface area contributed by atoms with Gasteiger partial charge in [-0.05, 0) is 44.4 Å². The van der Waals surface area contributed by atoms with Gasteiger partial charge in [-0.2, -0.15) is 0 Å². The van der Waals surface area contributed by atoms with Gasteiger partial charge in [0.1, 0.15) is 0 Å². The molecule has 0 aliphatic heterocycles. The molecule has 1 aliphatic carbocycles. The summed E-state index contributed by atoms with van der Waals surface area (Å²) in [6.45, 7) is 11.0. The van der Waals surface area contributed by atoms with Crippen LogP contribution in [0.3, 0.4) is 0 Å². The molecule has 0 N–H and O–H groups in total. The van der Waals surface area contributed by atoms with Gasteiger partial charge in [0.05, 0.1) is 0 Å². The monoisotopic (exact) mass is 188 g/mol. The van der Waals surface area contributed by atoms with Crippen LogP contribution in [0.5, 0.6) is 0 Å². The Kier molecular flexibility index (Phi) is 3.51. The minimum Gasteiger partial charge on any atom is -0.0877 e. The topological polar surface area (TPSA) is 0 Å². The van der Waals surface area contributed by atoms with E-state index in [1.807, 2.05) is 6.92 Å². The SMILES string of the molecule is CC=CC=CC1=C(C)C(C)=C(C)C1C. The van der Waals surface area contributed by atoms with E-state index in [0.29, 0.717) is 5.92 Å². The summed E-state index contributed by atoms with van der Waals surface area (Å²) < 4.78 is 0. The molecule has 0 saturated carbocycles. The summed E-state index contributed by atoms with van der Waals surface area (Å²) in [5.41, 5.74) is 5.91. The highest BCUT2D eigenvalue weighted by molar-refractivity contribution is 5.51. The minimum absolute atomic E-state index is 0.594. The number of hydrogen-bond donors (Lipinski definition) is 0. The average Bonchev–Trinajstić information content (AvgIpc) is 2.35. The van der Waals surface area contributed by atoms with Crippen molar-refractivity contribution in [3.05, 3.63) is 46.6 Å². The molecule has 1 rings (SSSR count). The van der Waals surface area contributed by atoms with Crippen molar-refractivity contribution in [1.82, 2.24) is 0 Å². The fourth-order valence-corrected chi connectivity index (χ4v) is 1.93. The van der Waals surface area contributed by atoms with E-state index in [1.54, 1.807) is 0 Å². The molecule has 0 heteroatoms. The molecule has 0 heterocycles. The summed E-state index contributed by atoms with van der Waals surface area (Å²) in [5, 5.41) is 0. The Morgan fingerprint density at radius 2 is 1.64 bits per heavy atom. The molecule has 0 amide bonds. The average molecular weight is 188 g/mol. The Hall–Kier alpha value is -1.04. The summed E-state index contributed by atoms with van der Waals surface area (Å²) >= 11 is 0. The molecule has 0 fully saturated rings. The Bertz CT molecular complexity index is 335. The summed E-state index contributed by atoms with van der Waals surface area (Å²) in [6, 6.07) is 0. The van der Waals surface area contributed by atoms with Gasteiger partial charge < -0.3 is 0 Å². The maximum absolute atomic E-state index is 2.28. The van der Waals surface area contributed by atoms with Crippen LogP contribution in [0.25, 0.3) is 0 Å². The van der Waals surface area contributed by atoms with E-state index < -0.39 is 0 Å². The number of hydrogen-bond acceptors (Lipinski definition) is 0. The fraction of sp³-hybridized carbons (Fsp3) is 0.429. The fourth-order valence-electron chi connectivity index (χ4n) is 1.93. The van der Waals surface area contributed by atoms with Gasteiger partial charge in [0.15, 0.2) is 0 Å². The molecule has 1 unspecified atom stereocenters. The van der Waals surface area contributed by atoms with Crippen molar-refractivity contribution in [2.24, 2.45) is 5.92 Å². The maximum Gasteiger partial charge on any atom is 0.00255 e. The maximum atomic E-state index is 2.28. The highest BCUT2D eigenvalue weighted by Gasteiger charge is 2.20. The van der Waals surface area contributed by atoms with Gasteiger partial charge in [-0.25, -0.2) is 0 Å². The van der Waals surface area contributed by atoms with Gasteiger partial charge in [-0.1, -0.05) is 36.8 Å². The van der Waals surface area contributed by atoms with E-state index >= 15 is 0 Å². The van der Waals surface area contributed by atoms with Gasteiger partial charge in [0.2, 0.25) is 0 Å². The normalized spacial score (nSPS) is 23.6. The van der Waals surface area contributed by atoms with E-state index in [0.717, 1.165) is 0 Å². The highest BCUT2D eigenvalue weighted by Crippen LogP contribution is 2.36.